The molecular weight excluding hydrogens is 462 g/mol. The van der Waals surface area contributed by atoms with Gasteiger partial charge in [-0.05, 0) is 41.0 Å². The maximum absolute atomic E-state index is 13.3. The Labute approximate surface area is 208 Å². The van der Waals surface area contributed by atoms with Crippen molar-refractivity contribution in [1.29, 1.82) is 0 Å². The van der Waals surface area contributed by atoms with E-state index in [4.69, 9.17) is 28.4 Å². The number of morpholine rings is 1. The minimum absolute atomic E-state index is 0.172. The average molecular weight is 488 g/mol. The first kappa shape index (κ1) is 21.5. The highest BCUT2D eigenvalue weighted by molar-refractivity contribution is 5.78. The maximum Gasteiger partial charge on any atom is 0.326 e. The monoisotopic (exact) mass is 487 g/mol. The summed E-state index contributed by atoms with van der Waals surface area (Å²) in [7, 11) is 0. The molecule has 1 unspecified atom stereocenters. The number of benzene rings is 3. The summed E-state index contributed by atoms with van der Waals surface area (Å²) >= 11 is 0. The van der Waals surface area contributed by atoms with E-state index in [0.29, 0.717) is 49.4 Å². The molecule has 184 valence electrons. The van der Waals surface area contributed by atoms with Gasteiger partial charge in [0.05, 0.1) is 6.04 Å². The van der Waals surface area contributed by atoms with Gasteiger partial charge < -0.3 is 28.4 Å². The second-order valence-corrected chi connectivity index (χ2v) is 9.16. The van der Waals surface area contributed by atoms with Gasteiger partial charge in [0.2, 0.25) is 0 Å². The van der Waals surface area contributed by atoms with Crippen LogP contribution < -0.4 is 18.9 Å². The van der Waals surface area contributed by atoms with Crippen molar-refractivity contribution in [2.45, 2.75) is 24.4 Å². The minimum Gasteiger partial charge on any atom is -0.486 e. The van der Waals surface area contributed by atoms with Crippen LogP contribution in [0, 0.1) is 0 Å². The molecule has 0 aromatic heterocycles. The zero-order valence-corrected chi connectivity index (χ0v) is 19.5. The molecule has 7 rings (SSSR count). The van der Waals surface area contributed by atoms with Crippen molar-refractivity contribution < 1.29 is 33.2 Å². The van der Waals surface area contributed by atoms with Crippen molar-refractivity contribution in [3.63, 3.8) is 0 Å². The Morgan fingerprint density at radius 1 is 0.639 bits per heavy atom. The fraction of sp³-hybridized carbons (Fsp3) is 0.321. The lowest BCUT2D eigenvalue weighted by Gasteiger charge is -2.39. The Kier molecular flexibility index (Phi) is 5.22. The third-order valence-corrected chi connectivity index (χ3v) is 7.07. The third kappa shape index (κ3) is 3.56. The highest BCUT2D eigenvalue weighted by Gasteiger charge is 2.54. The molecule has 8 nitrogen and oxygen atoms in total. The highest BCUT2D eigenvalue weighted by atomic mass is 16.6. The Morgan fingerprint density at radius 2 is 1.25 bits per heavy atom. The first-order valence-corrected chi connectivity index (χ1v) is 12.2. The van der Waals surface area contributed by atoms with Gasteiger partial charge in [-0.25, -0.2) is 4.90 Å². The molecule has 3 aromatic rings. The van der Waals surface area contributed by atoms with Crippen molar-refractivity contribution in [1.82, 2.24) is 4.90 Å². The topological polar surface area (TPSA) is 75.7 Å². The van der Waals surface area contributed by atoms with E-state index in [1.54, 1.807) is 0 Å². The molecule has 0 N–H and O–H groups in total. The zero-order valence-electron chi connectivity index (χ0n) is 19.5. The normalized spacial score (nSPS) is 26.7. The summed E-state index contributed by atoms with van der Waals surface area (Å²) in [6.07, 6.45) is -1.06. The SMILES string of the molecule is O=C1OC[C@H](c2ccccc2)N2C1[C@@H](c1ccc3c(c1)OCCO3)O[C@H]2c1ccc2c(c1)OCCO2. The van der Waals surface area contributed by atoms with Crippen LogP contribution in [-0.2, 0) is 14.3 Å². The summed E-state index contributed by atoms with van der Waals surface area (Å²) in [6.45, 7) is 2.26. The quantitative estimate of drug-likeness (QED) is 0.514. The zero-order chi connectivity index (χ0) is 24.1. The predicted octanol–water partition coefficient (Wildman–Crippen LogP) is 3.97. The fourth-order valence-corrected chi connectivity index (χ4v) is 5.43. The smallest absolute Gasteiger partial charge is 0.326 e. The molecule has 4 heterocycles. The number of fused-ring (bicyclic) bond motifs is 3. The summed E-state index contributed by atoms with van der Waals surface area (Å²) in [5.74, 6) is 2.43. The molecule has 2 fully saturated rings. The Hall–Kier alpha value is -3.75. The molecule has 0 amide bonds. The van der Waals surface area contributed by atoms with Crippen LogP contribution in [0.4, 0.5) is 0 Å². The number of cyclic esters (lactones) is 1. The summed E-state index contributed by atoms with van der Waals surface area (Å²) in [6, 6.07) is 20.8. The van der Waals surface area contributed by atoms with E-state index in [1.165, 1.54) is 0 Å². The van der Waals surface area contributed by atoms with Gasteiger partial charge in [0.25, 0.3) is 0 Å². The van der Waals surface area contributed by atoms with Crippen molar-refractivity contribution in [2.75, 3.05) is 33.0 Å². The Morgan fingerprint density at radius 3 is 1.94 bits per heavy atom. The van der Waals surface area contributed by atoms with Crippen molar-refractivity contribution >= 4 is 5.97 Å². The van der Waals surface area contributed by atoms with Gasteiger partial charge in [-0.1, -0.05) is 42.5 Å². The van der Waals surface area contributed by atoms with Crippen LogP contribution in [0.25, 0.3) is 0 Å². The molecule has 2 saturated heterocycles. The molecule has 0 aliphatic carbocycles. The standard InChI is InChI=1S/C28H25NO7/c30-28-25-26(18-6-8-21-23(14-18)33-12-10-31-21)36-27(19-7-9-22-24(15-19)34-13-11-32-22)29(25)20(16-35-28)17-4-2-1-3-5-17/h1-9,14-15,20,25-27H,10-13,16H2/t20-,25?,26-,27+/m1/s1. The van der Waals surface area contributed by atoms with E-state index in [-0.39, 0.29) is 18.6 Å². The predicted molar refractivity (Wildman–Crippen MR) is 127 cm³/mol. The molecule has 0 saturated carbocycles. The van der Waals surface area contributed by atoms with Gasteiger partial charge in [0.1, 0.15) is 51.4 Å². The number of hydrogen-bond acceptors (Lipinski definition) is 8. The summed E-state index contributed by atoms with van der Waals surface area (Å²) in [4.78, 5) is 15.4. The Balaban J connectivity index is 1.32. The van der Waals surface area contributed by atoms with E-state index in [0.717, 1.165) is 16.7 Å². The van der Waals surface area contributed by atoms with E-state index in [2.05, 4.69) is 17.0 Å². The Bertz CT molecular complexity index is 1300. The first-order valence-electron chi connectivity index (χ1n) is 12.2. The molecule has 3 aromatic carbocycles. The number of rotatable bonds is 3. The molecule has 0 bridgehead atoms. The summed E-state index contributed by atoms with van der Waals surface area (Å²) < 4.78 is 35.5. The maximum atomic E-state index is 13.3. The number of hydrogen-bond donors (Lipinski definition) is 0. The van der Waals surface area contributed by atoms with Crippen LogP contribution in [0.3, 0.4) is 0 Å². The minimum atomic E-state index is -0.635. The summed E-state index contributed by atoms with van der Waals surface area (Å²) in [5, 5.41) is 0. The van der Waals surface area contributed by atoms with Gasteiger partial charge in [0, 0.05) is 0 Å². The third-order valence-electron chi connectivity index (χ3n) is 7.07. The van der Waals surface area contributed by atoms with Gasteiger partial charge >= 0.3 is 5.97 Å². The second-order valence-electron chi connectivity index (χ2n) is 9.16. The number of nitrogens with zero attached hydrogens (tertiary/aromatic N) is 1. The van der Waals surface area contributed by atoms with E-state index in [1.807, 2.05) is 54.6 Å². The molecule has 8 heteroatoms. The molecular formula is C28H25NO7. The van der Waals surface area contributed by atoms with Crippen LogP contribution in [-0.4, -0.2) is 49.9 Å². The van der Waals surface area contributed by atoms with Crippen LogP contribution in [0.2, 0.25) is 0 Å². The average Bonchev–Trinajstić information content (AvgIpc) is 3.35. The van der Waals surface area contributed by atoms with E-state index >= 15 is 0 Å². The first-order chi connectivity index (χ1) is 17.8. The lowest BCUT2D eigenvalue weighted by molar-refractivity contribution is -0.163. The summed E-state index contributed by atoms with van der Waals surface area (Å²) in [5.41, 5.74) is 2.78. The molecule has 0 radical (unpaired) electrons. The lowest BCUT2D eigenvalue weighted by Crippen LogP contribution is -2.49. The largest absolute Gasteiger partial charge is 0.486 e. The van der Waals surface area contributed by atoms with Crippen molar-refractivity contribution in [3.05, 3.63) is 83.4 Å². The molecule has 4 atom stereocenters. The number of esters is 1. The second kappa shape index (κ2) is 8.72. The van der Waals surface area contributed by atoms with Crippen LogP contribution in [0.15, 0.2) is 66.7 Å². The van der Waals surface area contributed by atoms with Gasteiger partial charge in [-0.15, -0.1) is 0 Å². The molecule has 4 aliphatic heterocycles. The van der Waals surface area contributed by atoms with Gasteiger partial charge in [0.15, 0.2) is 23.0 Å². The number of carbonyl (C=O) groups excluding carboxylic acids is 1. The van der Waals surface area contributed by atoms with Crippen molar-refractivity contribution in [2.24, 2.45) is 0 Å². The van der Waals surface area contributed by atoms with Crippen LogP contribution >= 0.6 is 0 Å². The van der Waals surface area contributed by atoms with Gasteiger partial charge in [-0.2, -0.15) is 0 Å². The van der Waals surface area contributed by atoms with E-state index < -0.39 is 18.4 Å². The van der Waals surface area contributed by atoms with Crippen molar-refractivity contribution in [3.8, 4) is 23.0 Å². The fourth-order valence-electron chi connectivity index (χ4n) is 5.43. The highest BCUT2D eigenvalue weighted by Crippen LogP contribution is 2.51. The van der Waals surface area contributed by atoms with Gasteiger partial charge in [-0.3, -0.25) is 4.79 Å². The van der Waals surface area contributed by atoms with Crippen LogP contribution in [0.5, 0.6) is 23.0 Å². The van der Waals surface area contributed by atoms with Crippen LogP contribution in [0.1, 0.15) is 35.1 Å². The molecule has 4 aliphatic rings. The van der Waals surface area contributed by atoms with E-state index in [9.17, 15) is 4.79 Å². The molecule has 36 heavy (non-hydrogen) atoms. The lowest BCUT2D eigenvalue weighted by atomic mass is 9.96. The molecule has 0 spiro atoms. The number of carbonyl (C=O) groups is 1. The number of ether oxygens (including phenoxy) is 6.